The van der Waals surface area contributed by atoms with Crippen molar-refractivity contribution >= 4 is 17.2 Å². The van der Waals surface area contributed by atoms with Crippen LogP contribution >= 0.6 is 0 Å². The first-order valence-corrected chi connectivity index (χ1v) is 8.48. The lowest BCUT2D eigenvalue weighted by atomic mass is 10.2. The zero-order valence-electron chi connectivity index (χ0n) is 14.4. The van der Waals surface area contributed by atoms with Crippen LogP contribution in [-0.2, 0) is 13.0 Å². The molecule has 4 aromatic rings. The molecule has 0 aliphatic rings. The van der Waals surface area contributed by atoms with Crippen molar-refractivity contribution < 1.29 is 9.90 Å². The Kier molecular flexibility index (Phi) is 4.39. The van der Waals surface area contributed by atoms with E-state index in [4.69, 9.17) is 5.11 Å². The van der Waals surface area contributed by atoms with Crippen LogP contribution in [0.15, 0.2) is 59.8 Å². The summed E-state index contributed by atoms with van der Waals surface area (Å²) in [5.41, 5.74) is 2.61. The molecule has 0 atom stereocenters. The molecule has 0 fully saturated rings. The summed E-state index contributed by atoms with van der Waals surface area (Å²) in [6.45, 7) is 0.299. The minimum Gasteiger partial charge on any atom is -0.396 e. The van der Waals surface area contributed by atoms with E-state index in [0.717, 1.165) is 11.2 Å². The van der Waals surface area contributed by atoms with Crippen molar-refractivity contribution in [3.05, 3.63) is 82.3 Å². The van der Waals surface area contributed by atoms with E-state index in [1.807, 2.05) is 28.9 Å². The fraction of sp³-hybridized carbons (Fsp3) is 0.158. The molecule has 0 unspecified atom stereocenters. The Labute approximate surface area is 153 Å². The molecule has 2 N–H and O–H groups in total. The third kappa shape index (κ3) is 3.42. The van der Waals surface area contributed by atoms with Crippen molar-refractivity contribution in [2.45, 2.75) is 13.0 Å². The minimum atomic E-state index is -0.434. The summed E-state index contributed by atoms with van der Waals surface area (Å²) < 4.78 is 3.23. The standard InChI is InChI=1S/C19H17N5O3/c25-8-6-13-4-5-16-21-14(12-23(16)11-13)10-20-19(27)15-9-18(26)24-7-2-1-3-17(24)22-15/h1-5,7,9,11-12,25H,6,8,10H2,(H,20,27). The molecule has 0 radical (unpaired) electrons. The van der Waals surface area contributed by atoms with Gasteiger partial charge >= 0.3 is 0 Å². The maximum atomic E-state index is 12.4. The van der Waals surface area contributed by atoms with Gasteiger partial charge < -0.3 is 14.8 Å². The van der Waals surface area contributed by atoms with Gasteiger partial charge in [-0.15, -0.1) is 0 Å². The van der Waals surface area contributed by atoms with E-state index in [-0.39, 0.29) is 24.4 Å². The highest BCUT2D eigenvalue weighted by molar-refractivity contribution is 5.92. The number of nitrogens with zero attached hydrogens (tertiary/aromatic N) is 4. The maximum absolute atomic E-state index is 12.4. The Bertz CT molecular complexity index is 1190. The number of hydrogen-bond donors (Lipinski definition) is 2. The normalized spacial score (nSPS) is 11.1. The predicted molar refractivity (Wildman–Crippen MR) is 98.6 cm³/mol. The first kappa shape index (κ1) is 16.9. The average Bonchev–Trinajstić information content (AvgIpc) is 3.08. The molecule has 0 spiro atoms. The third-order valence-corrected chi connectivity index (χ3v) is 4.20. The molecule has 8 heteroatoms. The van der Waals surface area contributed by atoms with Crippen LogP contribution in [0.5, 0.6) is 0 Å². The number of hydrogen-bond acceptors (Lipinski definition) is 5. The Morgan fingerprint density at radius 2 is 2.00 bits per heavy atom. The summed E-state index contributed by atoms with van der Waals surface area (Å²) >= 11 is 0. The largest absolute Gasteiger partial charge is 0.396 e. The summed E-state index contributed by atoms with van der Waals surface area (Å²) in [5.74, 6) is -0.434. The Balaban J connectivity index is 1.52. The lowest BCUT2D eigenvalue weighted by Gasteiger charge is -2.04. The van der Waals surface area contributed by atoms with E-state index in [0.29, 0.717) is 17.8 Å². The lowest BCUT2D eigenvalue weighted by Crippen LogP contribution is -2.27. The Morgan fingerprint density at radius 3 is 2.85 bits per heavy atom. The highest BCUT2D eigenvalue weighted by Crippen LogP contribution is 2.09. The molecule has 0 saturated heterocycles. The molecule has 27 heavy (non-hydrogen) atoms. The van der Waals surface area contributed by atoms with Crippen LogP contribution in [0.2, 0.25) is 0 Å². The SMILES string of the molecule is O=C(NCc1cn2cc(CCO)ccc2n1)c1cc(=O)n2ccccc2n1. The number of carbonyl (C=O) groups is 1. The smallest absolute Gasteiger partial charge is 0.270 e. The van der Waals surface area contributed by atoms with E-state index >= 15 is 0 Å². The molecule has 4 rings (SSSR count). The minimum absolute atomic E-state index is 0.0696. The summed E-state index contributed by atoms with van der Waals surface area (Å²) in [6, 6.07) is 10.1. The van der Waals surface area contributed by atoms with E-state index in [1.54, 1.807) is 24.4 Å². The molecule has 136 valence electrons. The van der Waals surface area contributed by atoms with Crippen LogP contribution < -0.4 is 10.9 Å². The van der Waals surface area contributed by atoms with Crippen LogP contribution in [0.1, 0.15) is 21.7 Å². The highest BCUT2D eigenvalue weighted by Gasteiger charge is 2.11. The number of pyridine rings is 2. The molecular weight excluding hydrogens is 346 g/mol. The Hall–Kier alpha value is -3.52. The van der Waals surface area contributed by atoms with E-state index in [1.165, 1.54) is 10.5 Å². The number of nitrogens with one attached hydrogen (secondary N) is 1. The van der Waals surface area contributed by atoms with E-state index in [2.05, 4.69) is 15.3 Å². The molecular formula is C19H17N5O3. The van der Waals surface area contributed by atoms with Crippen molar-refractivity contribution in [2.24, 2.45) is 0 Å². The highest BCUT2D eigenvalue weighted by atomic mass is 16.3. The molecule has 0 aliphatic carbocycles. The number of imidazole rings is 1. The topological polar surface area (TPSA) is 101 Å². The van der Waals surface area contributed by atoms with Crippen LogP contribution in [0.3, 0.4) is 0 Å². The van der Waals surface area contributed by atoms with Crippen molar-refractivity contribution in [3.8, 4) is 0 Å². The maximum Gasteiger partial charge on any atom is 0.270 e. The van der Waals surface area contributed by atoms with E-state index in [9.17, 15) is 9.59 Å². The number of amides is 1. The molecule has 0 bridgehead atoms. The van der Waals surface area contributed by atoms with Crippen LogP contribution in [0.4, 0.5) is 0 Å². The van der Waals surface area contributed by atoms with Gasteiger partial charge in [-0.2, -0.15) is 0 Å². The average molecular weight is 363 g/mol. The molecule has 1 amide bonds. The third-order valence-electron chi connectivity index (χ3n) is 4.20. The number of aromatic nitrogens is 4. The second-order valence-electron chi connectivity index (χ2n) is 6.10. The molecule has 4 aromatic heterocycles. The number of aliphatic hydroxyl groups excluding tert-OH is 1. The molecule has 0 aliphatic heterocycles. The van der Waals surface area contributed by atoms with Crippen molar-refractivity contribution in [2.75, 3.05) is 6.61 Å². The van der Waals surface area contributed by atoms with Gasteiger partial charge in [0, 0.05) is 31.3 Å². The second kappa shape index (κ2) is 7.00. The van der Waals surface area contributed by atoms with Gasteiger partial charge in [-0.3, -0.25) is 14.0 Å². The summed E-state index contributed by atoms with van der Waals surface area (Å²) in [6.07, 6.45) is 5.90. The zero-order valence-corrected chi connectivity index (χ0v) is 14.4. The molecule has 4 heterocycles. The first-order chi connectivity index (χ1) is 13.1. The van der Waals surface area contributed by atoms with Gasteiger partial charge in [-0.05, 0) is 30.2 Å². The lowest BCUT2D eigenvalue weighted by molar-refractivity contribution is 0.0945. The van der Waals surface area contributed by atoms with Crippen LogP contribution in [-0.4, -0.2) is 36.4 Å². The van der Waals surface area contributed by atoms with Gasteiger partial charge in [-0.1, -0.05) is 12.1 Å². The summed E-state index contributed by atoms with van der Waals surface area (Å²) in [5, 5.41) is 11.8. The number of fused-ring (bicyclic) bond motifs is 2. The van der Waals surface area contributed by atoms with Crippen LogP contribution in [0, 0.1) is 0 Å². The predicted octanol–water partition coefficient (Wildman–Crippen LogP) is 0.807. The number of rotatable bonds is 5. The zero-order chi connectivity index (χ0) is 18.8. The van der Waals surface area contributed by atoms with Gasteiger partial charge in [0.2, 0.25) is 0 Å². The molecule has 8 nitrogen and oxygen atoms in total. The van der Waals surface area contributed by atoms with Gasteiger partial charge in [0.15, 0.2) is 0 Å². The van der Waals surface area contributed by atoms with E-state index < -0.39 is 5.91 Å². The van der Waals surface area contributed by atoms with Gasteiger partial charge in [0.05, 0.1) is 12.2 Å². The van der Waals surface area contributed by atoms with Crippen molar-refractivity contribution in [3.63, 3.8) is 0 Å². The first-order valence-electron chi connectivity index (χ1n) is 8.48. The molecule has 0 saturated carbocycles. The van der Waals surface area contributed by atoms with Crippen LogP contribution in [0.25, 0.3) is 11.3 Å². The molecule has 0 aromatic carbocycles. The quantitative estimate of drug-likeness (QED) is 0.546. The summed E-state index contributed by atoms with van der Waals surface area (Å²) in [7, 11) is 0. The Morgan fingerprint density at radius 1 is 1.11 bits per heavy atom. The number of carbonyl (C=O) groups excluding carboxylic acids is 1. The fourth-order valence-corrected chi connectivity index (χ4v) is 2.88. The fourth-order valence-electron chi connectivity index (χ4n) is 2.88. The number of aliphatic hydroxyl groups is 1. The van der Waals surface area contributed by atoms with Crippen molar-refractivity contribution in [1.29, 1.82) is 0 Å². The summed E-state index contributed by atoms with van der Waals surface area (Å²) in [4.78, 5) is 33.1. The van der Waals surface area contributed by atoms with Gasteiger partial charge in [0.1, 0.15) is 17.0 Å². The van der Waals surface area contributed by atoms with Gasteiger partial charge in [0.25, 0.3) is 11.5 Å². The second-order valence-corrected chi connectivity index (χ2v) is 6.10. The van der Waals surface area contributed by atoms with Gasteiger partial charge in [-0.25, -0.2) is 9.97 Å². The van der Waals surface area contributed by atoms with Crippen molar-refractivity contribution in [1.82, 2.24) is 24.1 Å². The monoisotopic (exact) mass is 363 g/mol.